The summed E-state index contributed by atoms with van der Waals surface area (Å²) < 4.78 is 27.1. The summed E-state index contributed by atoms with van der Waals surface area (Å²) in [5.41, 5.74) is -2.08. The molecule has 5 aliphatic rings. The summed E-state index contributed by atoms with van der Waals surface area (Å²) in [5.74, 6) is -2.13. The van der Waals surface area contributed by atoms with E-state index in [0.717, 1.165) is 32.1 Å². The van der Waals surface area contributed by atoms with E-state index < -0.39 is 73.7 Å². The molecule has 13 heteroatoms. The highest BCUT2D eigenvalue weighted by molar-refractivity contribution is 7.92. The molecule has 2 saturated heterocycles. The van der Waals surface area contributed by atoms with Gasteiger partial charge in [-0.05, 0) is 66.1 Å². The van der Waals surface area contributed by atoms with Crippen molar-refractivity contribution >= 4 is 39.4 Å². The molecule has 6 atom stereocenters. The van der Waals surface area contributed by atoms with Gasteiger partial charge in [0.15, 0.2) is 9.84 Å². The molecule has 5 rings (SSSR count). The maximum Gasteiger partial charge on any atom is 0.315 e. The number of nitrogens with zero attached hydrogens (tertiary/aromatic N) is 1. The zero-order valence-corrected chi connectivity index (χ0v) is 32.5. The zero-order chi connectivity index (χ0) is 37.7. The molecule has 12 nitrogen and oxygen atoms in total. The van der Waals surface area contributed by atoms with Crippen LogP contribution in [0.2, 0.25) is 0 Å². The summed E-state index contributed by atoms with van der Waals surface area (Å²) >= 11 is 0. The molecule has 0 bridgehead atoms. The number of nitrogens with one attached hydrogen (secondary N) is 4. The van der Waals surface area contributed by atoms with Crippen LogP contribution in [0.25, 0.3) is 0 Å². The Morgan fingerprint density at radius 2 is 1.61 bits per heavy atom. The van der Waals surface area contributed by atoms with Crippen LogP contribution in [0.4, 0.5) is 4.79 Å². The third-order valence-electron chi connectivity index (χ3n) is 12.6. The highest BCUT2D eigenvalue weighted by atomic mass is 32.2. The second-order valence-electron chi connectivity index (χ2n) is 18.6. The standard InChI is InChI=1S/C38H61N5O7S/c1-9-18-39-32(46)29(44)25(20-23-13-14-23)40-31(45)28-27-24(37(27,7)8)22-43(28)33(47)30(35(2,3)4)41-34(48)42-38(15-11-10-12-16-38)26-21-36(5,6)17-19-51(26,49)50/h9,23-28,30H,1,10-22H2,2-8H3,(H,39,46)(H,40,45)(H2,41,42,48)/t24-,25-,26+,27-,28-,30+/m0/s1. The molecule has 2 aliphatic heterocycles. The number of urea groups is 1. The Morgan fingerprint density at radius 3 is 2.20 bits per heavy atom. The van der Waals surface area contributed by atoms with E-state index in [-0.39, 0.29) is 40.9 Å². The monoisotopic (exact) mass is 731 g/mol. The number of carbonyl (C=O) groups excluding carboxylic acids is 5. The molecule has 0 aromatic heterocycles. The number of likely N-dealkylation sites (tertiary alicyclic amines) is 1. The second-order valence-corrected chi connectivity index (χ2v) is 20.9. The SMILES string of the molecule is C=CCNC(=O)C(=O)[C@H](CC1CC1)NC(=O)[C@@H]1[C@@H]2[C@H](CN1C(=O)[C@@H](NC(=O)NC1([C@H]3CC(C)(C)CCS3(=O)=O)CCCCC1)C(C)(C)C)C2(C)C. The Balaban J connectivity index is 1.36. The van der Waals surface area contributed by atoms with Gasteiger partial charge in [0.05, 0.1) is 22.6 Å². The van der Waals surface area contributed by atoms with Gasteiger partial charge in [-0.1, -0.05) is 86.6 Å². The topological polar surface area (TPSA) is 171 Å². The number of piperidine rings is 1. The Labute approximate surface area is 304 Å². The first-order valence-corrected chi connectivity index (χ1v) is 20.7. The number of rotatable bonds is 12. The van der Waals surface area contributed by atoms with E-state index in [1.807, 2.05) is 20.8 Å². The first kappa shape index (κ1) is 39.3. The molecule has 4 N–H and O–H groups in total. The average Bonchev–Trinajstić information content (AvgIpc) is 3.90. The van der Waals surface area contributed by atoms with Gasteiger partial charge in [0.2, 0.25) is 17.6 Å². The molecule has 3 aliphatic carbocycles. The van der Waals surface area contributed by atoms with Gasteiger partial charge in [0.25, 0.3) is 5.91 Å². The molecule has 286 valence electrons. The van der Waals surface area contributed by atoms with Gasteiger partial charge in [-0.15, -0.1) is 6.58 Å². The molecule has 5 fully saturated rings. The molecular formula is C38H61N5O7S. The van der Waals surface area contributed by atoms with Crippen molar-refractivity contribution in [2.75, 3.05) is 18.8 Å². The number of ketones is 1. The number of sulfone groups is 1. The molecule has 0 unspecified atom stereocenters. The van der Waals surface area contributed by atoms with Crippen molar-refractivity contribution in [3.05, 3.63) is 12.7 Å². The van der Waals surface area contributed by atoms with E-state index >= 15 is 0 Å². The largest absolute Gasteiger partial charge is 0.346 e. The minimum Gasteiger partial charge on any atom is -0.346 e. The number of amides is 5. The van der Waals surface area contributed by atoms with E-state index in [4.69, 9.17) is 0 Å². The van der Waals surface area contributed by atoms with Crippen molar-refractivity contribution in [2.45, 2.75) is 142 Å². The molecule has 0 aromatic carbocycles. The summed E-state index contributed by atoms with van der Waals surface area (Å²) in [6.07, 6.45) is 8.39. The number of fused-ring (bicyclic) bond motifs is 1. The van der Waals surface area contributed by atoms with E-state index in [2.05, 4.69) is 55.5 Å². The Morgan fingerprint density at radius 1 is 0.961 bits per heavy atom. The minimum absolute atomic E-state index is 0.0606. The first-order chi connectivity index (χ1) is 23.6. The predicted molar refractivity (Wildman–Crippen MR) is 195 cm³/mol. The number of hydrogen-bond donors (Lipinski definition) is 4. The van der Waals surface area contributed by atoms with Crippen LogP contribution in [0.15, 0.2) is 12.7 Å². The summed E-state index contributed by atoms with van der Waals surface area (Å²) in [7, 11) is -3.46. The zero-order valence-electron chi connectivity index (χ0n) is 31.7. The molecule has 51 heavy (non-hydrogen) atoms. The second kappa shape index (κ2) is 14.1. The minimum atomic E-state index is -3.46. The fourth-order valence-electron chi connectivity index (χ4n) is 9.15. The van der Waals surface area contributed by atoms with Crippen molar-refractivity contribution in [2.24, 2.45) is 34.0 Å². The van der Waals surface area contributed by atoms with Gasteiger partial charge in [0.1, 0.15) is 12.1 Å². The van der Waals surface area contributed by atoms with Crippen molar-refractivity contribution in [3.8, 4) is 0 Å². The van der Waals surface area contributed by atoms with E-state index in [1.54, 1.807) is 4.90 Å². The van der Waals surface area contributed by atoms with Crippen LogP contribution in [0.5, 0.6) is 0 Å². The lowest BCUT2D eigenvalue weighted by Crippen LogP contribution is -2.66. The smallest absolute Gasteiger partial charge is 0.315 e. The van der Waals surface area contributed by atoms with Crippen molar-refractivity contribution in [1.29, 1.82) is 0 Å². The Kier molecular flexibility index (Phi) is 10.9. The Bertz CT molecular complexity index is 1520. The third kappa shape index (κ3) is 8.33. The summed E-state index contributed by atoms with van der Waals surface area (Å²) in [5, 5.41) is 10.8. The fourth-order valence-corrected chi connectivity index (χ4v) is 12.0. The normalized spacial score (nSPS) is 29.7. The highest BCUT2D eigenvalue weighted by Gasteiger charge is 2.70. The molecule has 0 spiro atoms. The lowest BCUT2D eigenvalue weighted by Gasteiger charge is -2.48. The molecule has 0 aromatic rings. The van der Waals surface area contributed by atoms with Crippen molar-refractivity contribution in [3.63, 3.8) is 0 Å². The number of carbonyl (C=O) groups is 5. The van der Waals surface area contributed by atoms with Gasteiger partial charge in [-0.25, -0.2) is 13.2 Å². The maximum atomic E-state index is 14.6. The van der Waals surface area contributed by atoms with Crippen molar-refractivity contribution in [1.82, 2.24) is 26.2 Å². The van der Waals surface area contributed by atoms with E-state index in [0.29, 0.717) is 38.6 Å². The fraction of sp³-hybridized carbons (Fsp3) is 0.816. The molecule has 3 saturated carbocycles. The van der Waals surface area contributed by atoms with Crippen LogP contribution < -0.4 is 21.3 Å². The summed E-state index contributed by atoms with van der Waals surface area (Å²) in [6, 6.07) is -3.50. The van der Waals surface area contributed by atoms with Gasteiger partial charge >= 0.3 is 6.03 Å². The summed E-state index contributed by atoms with van der Waals surface area (Å²) in [4.78, 5) is 70.1. The van der Waals surface area contributed by atoms with E-state index in [1.165, 1.54) is 6.08 Å². The summed E-state index contributed by atoms with van der Waals surface area (Å²) in [6.45, 7) is 17.9. The number of hydrogen-bond acceptors (Lipinski definition) is 7. The van der Waals surface area contributed by atoms with Crippen LogP contribution in [0.3, 0.4) is 0 Å². The maximum absolute atomic E-state index is 14.6. The van der Waals surface area contributed by atoms with Gasteiger partial charge in [0, 0.05) is 13.1 Å². The Hall–Kier alpha value is -2.96. The molecule has 5 amide bonds. The third-order valence-corrected chi connectivity index (χ3v) is 14.9. The van der Waals surface area contributed by atoms with Crippen LogP contribution in [0.1, 0.15) is 113 Å². The van der Waals surface area contributed by atoms with Gasteiger partial charge in [-0.3, -0.25) is 19.2 Å². The first-order valence-electron chi connectivity index (χ1n) is 19.0. The van der Waals surface area contributed by atoms with Crippen LogP contribution in [-0.2, 0) is 29.0 Å². The van der Waals surface area contributed by atoms with Crippen molar-refractivity contribution < 1.29 is 32.4 Å². The average molecular weight is 732 g/mol. The van der Waals surface area contributed by atoms with Crippen LogP contribution in [0, 0.1) is 34.0 Å². The highest BCUT2D eigenvalue weighted by Crippen LogP contribution is 2.65. The van der Waals surface area contributed by atoms with Crippen LogP contribution >= 0.6 is 0 Å². The number of Topliss-reactive ketones (excluding diaryl/α,β-unsaturated/α-hetero) is 1. The lowest BCUT2D eigenvalue weighted by atomic mass is 9.73. The predicted octanol–water partition coefficient (Wildman–Crippen LogP) is 3.65. The molecular weight excluding hydrogens is 671 g/mol. The molecule has 2 heterocycles. The van der Waals surface area contributed by atoms with Gasteiger partial charge < -0.3 is 26.2 Å². The van der Waals surface area contributed by atoms with E-state index in [9.17, 15) is 32.4 Å². The molecule has 0 radical (unpaired) electrons. The van der Waals surface area contributed by atoms with Crippen LogP contribution in [-0.4, -0.2) is 90.6 Å². The van der Waals surface area contributed by atoms with Gasteiger partial charge in [-0.2, -0.15) is 0 Å². The quantitative estimate of drug-likeness (QED) is 0.175. The lowest BCUT2D eigenvalue weighted by molar-refractivity contribution is -0.145.